The minimum atomic E-state index is 0.838. The molecule has 4 nitrogen and oxygen atoms in total. The minimum absolute atomic E-state index is 0.838. The molecule has 0 atom stereocenters. The van der Waals surface area contributed by atoms with E-state index >= 15 is 0 Å². The second kappa shape index (κ2) is 5.15. The second-order valence-electron chi connectivity index (χ2n) is 5.30. The van der Waals surface area contributed by atoms with Crippen molar-refractivity contribution >= 4 is 27.4 Å². The maximum atomic E-state index is 4.66. The maximum absolute atomic E-state index is 4.66. The van der Waals surface area contributed by atoms with Gasteiger partial charge in [0.05, 0.1) is 0 Å². The van der Waals surface area contributed by atoms with Crippen molar-refractivity contribution in [3.8, 4) is 0 Å². The van der Waals surface area contributed by atoms with Gasteiger partial charge in [-0.3, -0.25) is 0 Å². The van der Waals surface area contributed by atoms with Crippen LogP contribution in [0.4, 0.5) is 5.82 Å². The highest BCUT2D eigenvalue weighted by atomic mass is 79.9. The molecule has 3 heterocycles. The molecule has 3 aromatic rings. The highest BCUT2D eigenvalue weighted by Gasteiger charge is 2.18. The highest BCUT2D eigenvalue weighted by Crippen LogP contribution is 2.24. The van der Waals surface area contributed by atoms with Crippen molar-refractivity contribution in [2.75, 3.05) is 18.0 Å². The first kappa shape index (κ1) is 12.8. The molecule has 1 aliphatic rings. The van der Waals surface area contributed by atoms with Crippen LogP contribution in [0, 0.1) is 0 Å². The van der Waals surface area contributed by atoms with E-state index in [0.29, 0.717) is 0 Å². The average molecular weight is 343 g/mol. The molecule has 0 saturated carbocycles. The topological polar surface area (TPSA) is 33.4 Å². The van der Waals surface area contributed by atoms with Gasteiger partial charge in [0.2, 0.25) is 0 Å². The van der Waals surface area contributed by atoms with Crippen LogP contribution in [-0.4, -0.2) is 27.5 Å². The molecule has 0 unspecified atom stereocenters. The van der Waals surface area contributed by atoms with E-state index in [2.05, 4.69) is 55.1 Å². The number of anilines is 1. The zero-order chi connectivity index (χ0) is 14.2. The van der Waals surface area contributed by atoms with Crippen LogP contribution >= 0.6 is 15.9 Å². The summed E-state index contributed by atoms with van der Waals surface area (Å²) in [7, 11) is 0. The molecule has 4 rings (SSSR count). The maximum Gasteiger partial charge on any atom is 0.180 e. The van der Waals surface area contributed by atoms with Gasteiger partial charge >= 0.3 is 0 Å². The van der Waals surface area contributed by atoms with E-state index in [1.807, 2.05) is 23.0 Å². The summed E-state index contributed by atoms with van der Waals surface area (Å²) in [6, 6.07) is 8.72. The molecule has 0 amide bonds. The van der Waals surface area contributed by atoms with E-state index in [1.165, 1.54) is 11.1 Å². The van der Waals surface area contributed by atoms with Crippen LogP contribution in [0.3, 0.4) is 0 Å². The van der Waals surface area contributed by atoms with Crippen LogP contribution < -0.4 is 4.90 Å². The molecule has 0 N–H and O–H groups in total. The third kappa shape index (κ3) is 2.31. The highest BCUT2D eigenvalue weighted by molar-refractivity contribution is 9.10. The van der Waals surface area contributed by atoms with Crippen molar-refractivity contribution in [1.29, 1.82) is 0 Å². The fourth-order valence-corrected chi connectivity index (χ4v) is 3.37. The number of aromatic nitrogens is 3. The first-order valence-corrected chi connectivity index (χ1v) is 7.91. The van der Waals surface area contributed by atoms with E-state index < -0.39 is 0 Å². The molecule has 21 heavy (non-hydrogen) atoms. The number of imidazole rings is 1. The van der Waals surface area contributed by atoms with Gasteiger partial charge in [-0.25, -0.2) is 9.97 Å². The quantitative estimate of drug-likeness (QED) is 0.681. The number of rotatable bonds is 1. The van der Waals surface area contributed by atoms with Crippen LogP contribution in [0.25, 0.3) is 5.65 Å². The van der Waals surface area contributed by atoms with E-state index in [-0.39, 0.29) is 0 Å². The molecule has 0 radical (unpaired) electrons. The Morgan fingerprint density at radius 3 is 2.48 bits per heavy atom. The summed E-state index contributed by atoms with van der Waals surface area (Å²) in [4.78, 5) is 11.5. The molecule has 1 aromatic carbocycles. The molecule has 1 aliphatic heterocycles. The summed E-state index contributed by atoms with van der Waals surface area (Å²) in [5.74, 6) is 0.960. The fourth-order valence-electron chi connectivity index (χ4n) is 2.98. The Bertz CT molecular complexity index is 769. The van der Waals surface area contributed by atoms with Crippen molar-refractivity contribution in [1.82, 2.24) is 14.4 Å². The Kier molecular flexibility index (Phi) is 3.15. The largest absolute Gasteiger partial charge is 0.353 e. The van der Waals surface area contributed by atoms with E-state index in [1.54, 1.807) is 0 Å². The van der Waals surface area contributed by atoms with Gasteiger partial charge < -0.3 is 9.30 Å². The van der Waals surface area contributed by atoms with Crippen LogP contribution in [0.15, 0.2) is 47.5 Å². The first-order valence-electron chi connectivity index (χ1n) is 7.12. The van der Waals surface area contributed by atoms with E-state index in [9.17, 15) is 0 Å². The zero-order valence-electron chi connectivity index (χ0n) is 11.5. The Balaban J connectivity index is 1.72. The second-order valence-corrected chi connectivity index (χ2v) is 6.11. The van der Waals surface area contributed by atoms with Crippen molar-refractivity contribution < 1.29 is 0 Å². The number of benzene rings is 1. The molecule has 0 aliphatic carbocycles. The number of hydrogen-bond acceptors (Lipinski definition) is 3. The summed E-state index contributed by atoms with van der Waals surface area (Å²) in [5, 5.41) is 0. The van der Waals surface area contributed by atoms with Gasteiger partial charge in [-0.15, -0.1) is 0 Å². The molecular weight excluding hydrogens is 328 g/mol. The van der Waals surface area contributed by atoms with E-state index in [4.69, 9.17) is 0 Å². The molecular formula is C16H15BrN4. The molecule has 0 saturated heterocycles. The smallest absolute Gasteiger partial charge is 0.180 e. The van der Waals surface area contributed by atoms with Gasteiger partial charge in [0.25, 0.3) is 0 Å². The number of fused-ring (bicyclic) bond motifs is 2. The summed E-state index contributed by atoms with van der Waals surface area (Å²) in [6.07, 6.45) is 7.82. The summed E-state index contributed by atoms with van der Waals surface area (Å²) >= 11 is 3.50. The van der Waals surface area contributed by atoms with Crippen LogP contribution in [0.5, 0.6) is 0 Å². The van der Waals surface area contributed by atoms with E-state index in [0.717, 1.165) is 42.0 Å². The molecule has 0 fully saturated rings. The molecule has 0 spiro atoms. The van der Waals surface area contributed by atoms with Crippen LogP contribution in [0.1, 0.15) is 11.1 Å². The molecule has 0 bridgehead atoms. The average Bonchev–Trinajstić information content (AvgIpc) is 2.85. The lowest BCUT2D eigenvalue weighted by molar-refractivity contribution is 0.787. The summed E-state index contributed by atoms with van der Waals surface area (Å²) < 4.78 is 2.86. The Morgan fingerprint density at radius 2 is 1.76 bits per heavy atom. The molecule has 2 aromatic heterocycles. The van der Waals surface area contributed by atoms with Gasteiger partial charge in [0.15, 0.2) is 11.5 Å². The van der Waals surface area contributed by atoms with Gasteiger partial charge in [-0.2, -0.15) is 0 Å². The van der Waals surface area contributed by atoms with Crippen molar-refractivity contribution in [3.05, 3.63) is 58.6 Å². The first-order chi connectivity index (χ1) is 10.3. The predicted molar refractivity (Wildman–Crippen MR) is 86.8 cm³/mol. The summed E-state index contributed by atoms with van der Waals surface area (Å²) in [6.45, 7) is 1.95. The third-order valence-corrected chi connectivity index (χ3v) is 4.43. The predicted octanol–water partition coefficient (Wildman–Crippen LogP) is 3.10. The molecule has 106 valence electrons. The zero-order valence-corrected chi connectivity index (χ0v) is 13.1. The summed E-state index contributed by atoms with van der Waals surface area (Å²) in [5.41, 5.74) is 3.83. The van der Waals surface area contributed by atoms with Gasteiger partial charge in [-0.1, -0.05) is 24.3 Å². The normalized spacial score (nSPS) is 15.0. The van der Waals surface area contributed by atoms with Crippen LogP contribution in [-0.2, 0) is 12.8 Å². The van der Waals surface area contributed by atoms with Crippen molar-refractivity contribution in [2.24, 2.45) is 0 Å². The lowest BCUT2D eigenvalue weighted by Crippen LogP contribution is -2.27. The fraction of sp³-hybridized carbons (Fsp3) is 0.250. The van der Waals surface area contributed by atoms with Gasteiger partial charge in [-0.05, 0) is 39.9 Å². The lowest BCUT2D eigenvalue weighted by Gasteiger charge is -2.21. The SMILES string of the molecule is Brc1cn2ccnc2c(N2CCc3ccccc3CC2)n1. The minimum Gasteiger partial charge on any atom is -0.353 e. The van der Waals surface area contributed by atoms with Gasteiger partial charge in [0.1, 0.15) is 4.60 Å². The number of nitrogens with zero attached hydrogens (tertiary/aromatic N) is 4. The Labute approximate surface area is 131 Å². The molecule has 5 heteroatoms. The number of hydrogen-bond donors (Lipinski definition) is 0. The monoisotopic (exact) mass is 342 g/mol. The number of halogens is 1. The van der Waals surface area contributed by atoms with Crippen molar-refractivity contribution in [2.45, 2.75) is 12.8 Å². The lowest BCUT2D eigenvalue weighted by atomic mass is 10.0. The van der Waals surface area contributed by atoms with Crippen molar-refractivity contribution in [3.63, 3.8) is 0 Å². The van der Waals surface area contributed by atoms with Crippen LogP contribution in [0.2, 0.25) is 0 Å². The Morgan fingerprint density at radius 1 is 1.05 bits per heavy atom. The van der Waals surface area contributed by atoms with Gasteiger partial charge in [0, 0.05) is 31.7 Å². The third-order valence-electron chi connectivity index (χ3n) is 4.05. The Hall–Kier alpha value is -1.88. The standard InChI is InChI=1S/C16H15BrN4/c17-14-11-21-10-7-18-15(21)16(19-14)20-8-5-12-3-1-2-4-13(12)6-9-20/h1-4,7,10-11H,5-6,8-9H2.